The van der Waals surface area contributed by atoms with Gasteiger partial charge in [0.2, 0.25) is 0 Å². The molecule has 0 fully saturated rings. The van der Waals surface area contributed by atoms with E-state index in [2.05, 4.69) is 25.7 Å². The van der Waals surface area contributed by atoms with E-state index in [0.717, 1.165) is 25.9 Å². The monoisotopic (exact) mass is 502 g/mol. The molecule has 4 heteroatoms. The molecule has 0 aliphatic rings. The topological polar surface area (TPSA) is 43.4 Å². The van der Waals surface area contributed by atoms with Gasteiger partial charge in [0.05, 0.1) is 0 Å². The zero-order valence-corrected chi connectivity index (χ0v) is 25.4. The van der Waals surface area contributed by atoms with Crippen LogP contribution in [0.5, 0.6) is 0 Å². The summed E-state index contributed by atoms with van der Waals surface area (Å²) in [5.74, 6) is -0.896. The number of hydrogen-bond donors (Lipinski definition) is 0. The number of aliphatic carboxylic acids is 1. The second-order valence-electron chi connectivity index (χ2n) is 11.1. The van der Waals surface area contributed by atoms with Gasteiger partial charge in [-0.05, 0) is 45.2 Å². The Morgan fingerprint density at radius 2 is 0.861 bits per heavy atom. The summed E-state index contributed by atoms with van der Waals surface area (Å²) in [5, 5.41) is 11.0. The second kappa shape index (κ2) is 31.2. The number of carboxylic acids is 1. The molecule has 1 unspecified atom stereocenters. The van der Waals surface area contributed by atoms with Gasteiger partial charge in [-0.25, -0.2) is 0 Å². The summed E-state index contributed by atoms with van der Waals surface area (Å²) >= 11 is 0. The van der Waals surface area contributed by atoms with Gasteiger partial charge in [0.1, 0.15) is 0 Å². The number of carboxylic acid groups (broad SMARTS) is 1. The normalized spacial score (nSPS) is 12.1. The van der Waals surface area contributed by atoms with Crippen molar-refractivity contribution in [3.63, 3.8) is 0 Å². The Bertz CT molecular complexity index is 406. The van der Waals surface area contributed by atoms with Crippen molar-refractivity contribution < 1.29 is 28.8 Å². The fourth-order valence-electron chi connectivity index (χ4n) is 5.36. The van der Waals surface area contributed by atoms with E-state index in [9.17, 15) is 9.90 Å². The molecule has 210 valence electrons. The smallest absolute Gasteiger partial charge is 0.550 e. The molecule has 0 N–H and O–H groups in total. The molecule has 0 saturated carbocycles. The van der Waals surface area contributed by atoms with Crippen molar-refractivity contribution in [1.82, 2.24) is 4.90 Å². The van der Waals surface area contributed by atoms with Crippen LogP contribution in [0.3, 0.4) is 0 Å². The maximum atomic E-state index is 11.0. The Kier molecular flexibility index (Phi) is 33.1. The average Bonchev–Trinajstić information content (AvgIpc) is 2.85. The van der Waals surface area contributed by atoms with E-state index < -0.39 is 5.97 Å². The molecule has 3 nitrogen and oxygen atoms in total. The third kappa shape index (κ3) is 27.1. The van der Waals surface area contributed by atoms with Gasteiger partial charge in [-0.1, -0.05) is 149 Å². The van der Waals surface area contributed by atoms with Gasteiger partial charge in [-0.15, -0.1) is 0 Å². The van der Waals surface area contributed by atoms with Crippen molar-refractivity contribution in [3.8, 4) is 0 Å². The van der Waals surface area contributed by atoms with Crippen LogP contribution in [0.4, 0.5) is 0 Å². The van der Waals surface area contributed by atoms with Gasteiger partial charge < -0.3 is 14.8 Å². The van der Waals surface area contributed by atoms with Crippen molar-refractivity contribution in [2.45, 2.75) is 187 Å². The number of hydrogen-bond acceptors (Lipinski definition) is 3. The molecule has 0 rings (SSSR count). The third-order valence-corrected chi connectivity index (χ3v) is 7.77. The largest absolute Gasteiger partial charge is 1.00 e. The first-order valence-electron chi connectivity index (χ1n) is 16.1. The molecule has 0 aromatic heterocycles. The van der Waals surface area contributed by atoms with E-state index in [0.29, 0.717) is 6.04 Å². The van der Waals surface area contributed by atoms with Crippen LogP contribution >= 0.6 is 0 Å². The van der Waals surface area contributed by atoms with Crippen LogP contribution in [-0.2, 0) is 4.79 Å². The minimum atomic E-state index is -0.896. The fraction of sp³-hybridized carbons (Fsp3) is 0.969. The molecule has 0 radical (unpaired) electrons. The third-order valence-electron chi connectivity index (χ3n) is 7.77. The molecule has 0 aromatic carbocycles. The molecule has 0 aliphatic carbocycles. The number of unbranched alkanes of at least 4 members (excludes halogenated alkanes) is 20. The summed E-state index contributed by atoms with van der Waals surface area (Å²) in [6, 6.07) is 0.402. The van der Waals surface area contributed by atoms with E-state index in [1.54, 1.807) is 0 Å². The van der Waals surface area contributed by atoms with Crippen molar-refractivity contribution in [2.75, 3.05) is 13.1 Å². The van der Waals surface area contributed by atoms with E-state index in [1.807, 2.05) is 0 Å². The summed E-state index contributed by atoms with van der Waals surface area (Å²) in [4.78, 5) is 13.6. The Hall–Kier alpha value is 0.0274. The molecule has 0 amide bonds. The molecule has 0 spiro atoms. The van der Waals surface area contributed by atoms with Crippen molar-refractivity contribution in [1.29, 1.82) is 0 Å². The first kappa shape index (κ1) is 38.2. The van der Waals surface area contributed by atoms with Gasteiger partial charge in [0.25, 0.3) is 0 Å². The summed E-state index contributed by atoms with van der Waals surface area (Å²) < 4.78 is 0. The number of nitrogens with zero attached hydrogens (tertiary/aromatic N) is 1. The summed E-state index contributed by atoms with van der Waals surface area (Å²) in [5.41, 5.74) is 0. The van der Waals surface area contributed by atoms with Crippen molar-refractivity contribution >= 4 is 5.97 Å². The molecular formula is C32H64LiNO2. The van der Waals surface area contributed by atoms with Crippen LogP contribution in [0.25, 0.3) is 0 Å². The van der Waals surface area contributed by atoms with Gasteiger partial charge in [-0.3, -0.25) is 0 Å². The maximum absolute atomic E-state index is 11.0. The minimum Gasteiger partial charge on any atom is -0.550 e. The van der Waals surface area contributed by atoms with E-state index in [1.165, 1.54) is 141 Å². The van der Waals surface area contributed by atoms with Crippen molar-refractivity contribution in [3.05, 3.63) is 0 Å². The molecule has 0 heterocycles. The number of rotatable bonds is 29. The van der Waals surface area contributed by atoms with E-state index in [4.69, 9.17) is 0 Å². The minimum absolute atomic E-state index is 0. The molecule has 1 atom stereocenters. The Morgan fingerprint density at radius 1 is 0.556 bits per heavy atom. The maximum Gasteiger partial charge on any atom is 1.00 e. The Morgan fingerprint density at radius 3 is 1.14 bits per heavy atom. The van der Waals surface area contributed by atoms with Gasteiger partial charge in [0, 0.05) is 12.0 Å². The number of carbonyl (C=O) groups is 1. The predicted octanol–water partition coefficient (Wildman–Crippen LogP) is 6.22. The predicted molar refractivity (Wildman–Crippen MR) is 153 cm³/mol. The molecule has 0 saturated heterocycles. The summed E-state index contributed by atoms with van der Waals surface area (Å²) in [7, 11) is 0. The quantitative estimate of drug-likeness (QED) is 0.0902. The van der Waals surface area contributed by atoms with Crippen LogP contribution in [-0.4, -0.2) is 30.0 Å². The molecule has 0 bridgehead atoms. The van der Waals surface area contributed by atoms with Gasteiger partial charge in [0.15, 0.2) is 0 Å². The zero-order chi connectivity index (χ0) is 25.8. The Labute approximate surface area is 239 Å². The van der Waals surface area contributed by atoms with Crippen LogP contribution < -0.4 is 24.0 Å². The summed E-state index contributed by atoms with van der Waals surface area (Å²) in [6.45, 7) is 9.06. The van der Waals surface area contributed by atoms with Gasteiger partial charge in [-0.2, -0.15) is 0 Å². The van der Waals surface area contributed by atoms with Crippen LogP contribution in [0, 0.1) is 0 Å². The van der Waals surface area contributed by atoms with E-state index in [-0.39, 0.29) is 25.3 Å². The molecule has 36 heavy (non-hydrogen) atoms. The number of carbonyl (C=O) groups excluding carboxylic acids is 1. The standard InChI is InChI=1S/C32H65NO2.Li/c1-4-7-9-11-13-15-17-19-21-23-25-29-33(31(6-3)27-28-32(34)35)30-26-24-22-20-18-16-14-12-10-8-5-2;/h31H,4-30H2,1-3H3,(H,34,35);/q;+1/p-1. The molecule has 0 aromatic rings. The van der Waals surface area contributed by atoms with Crippen LogP contribution in [0.2, 0.25) is 0 Å². The van der Waals surface area contributed by atoms with E-state index >= 15 is 0 Å². The first-order chi connectivity index (χ1) is 17.2. The summed E-state index contributed by atoms with van der Waals surface area (Å²) in [6.07, 6.45) is 32.3. The van der Waals surface area contributed by atoms with Gasteiger partial charge >= 0.3 is 18.9 Å². The zero-order valence-electron chi connectivity index (χ0n) is 25.4. The first-order valence-corrected chi connectivity index (χ1v) is 16.1. The Balaban J connectivity index is 0. The fourth-order valence-corrected chi connectivity index (χ4v) is 5.36. The SMILES string of the molecule is CCCCCCCCCCCCCN(CCCCCCCCCCCCC)C(CC)CCC(=O)[O-].[Li+]. The average molecular weight is 502 g/mol. The van der Waals surface area contributed by atoms with Crippen LogP contribution in [0.15, 0.2) is 0 Å². The second-order valence-corrected chi connectivity index (χ2v) is 11.1. The molecule has 0 aliphatic heterocycles. The molecular weight excluding hydrogens is 437 g/mol. The van der Waals surface area contributed by atoms with Crippen LogP contribution in [0.1, 0.15) is 181 Å². The van der Waals surface area contributed by atoms with Crippen molar-refractivity contribution in [2.24, 2.45) is 0 Å².